The number of hydrogen-bond acceptors (Lipinski definition) is 0. The first-order valence-corrected chi connectivity index (χ1v) is 7.16. The van der Waals surface area contributed by atoms with Gasteiger partial charge in [-0.05, 0) is 46.6 Å². The summed E-state index contributed by atoms with van der Waals surface area (Å²) in [5, 5.41) is 0. The van der Waals surface area contributed by atoms with Crippen LogP contribution in [0.1, 0.15) is 61.8 Å². The van der Waals surface area contributed by atoms with E-state index < -0.39 is 0 Å². The van der Waals surface area contributed by atoms with Crippen LogP contribution in [0.15, 0.2) is 42.5 Å². The molecule has 0 saturated carbocycles. The van der Waals surface area contributed by atoms with Crippen molar-refractivity contribution >= 4 is 0 Å². The van der Waals surface area contributed by atoms with Gasteiger partial charge in [0.05, 0.1) is 0 Å². The van der Waals surface area contributed by atoms with Crippen LogP contribution in [0.5, 0.6) is 0 Å². The van der Waals surface area contributed by atoms with Crippen molar-refractivity contribution in [3.8, 4) is 0 Å². The molecule has 0 nitrogen and oxygen atoms in total. The fraction of sp³-hybridized carbons (Fsp3) is 0.368. The average Bonchev–Trinajstić information content (AvgIpc) is 2.39. The molecule has 2 rings (SSSR count). The van der Waals surface area contributed by atoms with Crippen molar-refractivity contribution in [2.45, 2.75) is 46.0 Å². The summed E-state index contributed by atoms with van der Waals surface area (Å²) in [5.41, 5.74) is 5.43. The predicted molar refractivity (Wildman–Crippen MR) is 82.7 cm³/mol. The zero-order valence-electron chi connectivity index (χ0n) is 12.4. The van der Waals surface area contributed by atoms with Gasteiger partial charge >= 0.3 is 0 Å². The third-order valence-electron chi connectivity index (χ3n) is 3.47. The molecule has 0 fully saturated rings. The van der Waals surface area contributed by atoms with E-state index in [-0.39, 0.29) is 0 Å². The smallest absolute Gasteiger partial charge is 0.00256 e. The van der Waals surface area contributed by atoms with Crippen LogP contribution in [-0.2, 0) is 6.42 Å². The summed E-state index contributed by atoms with van der Waals surface area (Å²) in [6.07, 6.45) is 1.01. The third-order valence-corrected chi connectivity index (χ3v) is 3.47. The molecular weight excluding hydrogens is 228 g/mol. The van der Waals surface area contributed by atoms with E-state index in [0.717, 1.165) is 6.42 Å². The SMILES string of the molecule is CC(C)c1[c]c(C(C)C)cc(Cc2ccccc2)c1. The quantitative estimate of drug-likeness (QED) is 0.689. The van der Waals surface area contributed by atoms with Gasteiger partial charge in [-0.15, -0.1) is 0 Å². The highest BCUT2D eigenvalue weighted by Crippen LogP contribution is 2.24. The van der Waals surface area contributed by atoms with Gasteiger partial charge in [-0.2, -0.15) is 0 Å². The van der Waals surface area contributed by atoms with E-state index in [4.69, 9.17) is 0 Å². The second-order valence-corrected chi connectivity index (χ2v) is 5.87. The summed E-state index contributed by atoms with van der Waals surface area (Å²) in [4.78, 5) is 0. The molecule has 0 aromatic heterocycles. The Morgan fingerprint density at radius 2 is 1.32 bits per heavy atom. The number of rotatable bonds is 4. The minimum atomic E-state index is 0.535. The maximum Gasteiger partial charge on any atom is -0.00256 e. The van der Waals surface area contributed by atoms with Gasteiger partial charge in [-0.25, -0.2) is 0 Å². The Morgan fingerprint density at radius 1 is 0.789 bits per heavy atom. The number of hydrogen-bond donors (Lipinski definition) is 0. The Morgan fingerprint density at radius 3 is 1.79 bits per heavy atom. The van der Waals surface area contributed by atoms with Crippen molar-refractivity contribution in [2.75, 3.05) is 0 Å². The maximum atomic E-state index is 3.57. The molecule has 0 saturated heterocycles. The molecule has 0 bridgehead atoms. The van der Waals surface area contributed by atoms with Crippen molar-refractivity contribution in [3.63, 3.8) is 0 Å². The van der Waals surface area contributed by atoms with E-state index in [9.17, 15) is 0 Å². The van der Waals surface area contributed by atoms with E-state index >= 15 is 0 Å². The zero-order chi connectivity index (χ0) is 13.8. The summed E-state index contributed by atoms with van der Waals surface area (Å²) in [6.45, 7) is 8.95. The van der Waals surface area contributed by atoms with Crippen LogP contribution in [0, 0.1) is 6.07 Å². The summed E-state index contributed by atoms with van der Waals surface area (Å²) >= 11 is 0. The van der Waals surface area contributed by atoms with E-state index in [1.807, 2.05) is 0 Å². The molecule has 0 spiro atoms. The molecule has 0 heteroatoms. The van der Waals surface area contributed by atoms with E-state index in [1.54, 1.807) is 0 Å². The van der Waals surface area contributed by atoms with Crippen LogP contribution in [-0.4, -0.2) is 0 Å². The van der Waals surface area contributed by atoms with Crippen LogP contribution in [0.25, 0.3) is 0 Å². The Balaban J connectivity index is 2.34. The van der Waals surface area contributed by atoms with Gasteiger partial charge in [0.1, 0.15) is 0 Å². The van der Waals surface area contributed by atoms with E-state index in [0.29, 0.717) is 11.8 Å². The van der Waals surface area contributed by atoms with Crippen molar-refractivity contribution in [1.29, 1.82) is 0 Å². The third kappa shape index (κ3) is 3.70. The highest BCUT2D eigenvalue weighted by atomic mass is 14.1. The molecule has 0 aliphatic carbocycles. The topological polar surface area (TPSA) is 0 Å². The normalized spacial score (nSPS) is 11.3. The Bertz CT molecular complexity index is 495. The standard InChI is InChI=1S/C19H23/c1-14(2)18-11-17(12-19(13-18)15(3)4)10-16-8-6-5-7-9-16/h5-9,11-12,14-15H,10H2,1-4H3. The molecule has 99 valence electrons. The molecule has 0 heterocycles. The van der Waals surface area contributed by atoms with Crippen molar-refractivity contribution in [3.05, 3.63) is 70.8 Å². The van der Waals surface area contributed by atoms with E-state index in [2.05, 4.69) is 76.2 Å². The second kappa shape index (κ2) is 6.06. The fourth-order valence-corrected chi connectivity index (χ4v) is 2.24. The molecule has 2 aromatic rings. The first-order chi connectivity index (χ1) is 9.06. The predicted octanol–water partition coefficient (Wildman–Crippen LogP) is 5.32. The van der Waals surface area contributed by atoms with Gasteiger partial charge in [0.2, 0.25) is 0 Å². The lowest BCUT2D eigenvalue weighted by molar-refractivity contribution is 0.825. The summed E-state index contributed by atoms with van der Waals surface area (Å²) < 4.78 is 0. The van der Waals surface area contributed by atoms with Crippen LogP contribution >= 0.6 is 0 Å². The summed E-state index contributed by atoms with van der Waals surface area (Å²) in [7, 11) is 0. The highest BCUT2D eigenvalue weighted by Gasteiger charge is 2.08. The minimum absolute atomic E-state index is 0.535. The van der Waals surface area contributed by atoms with Crippen molar-refractivity contribution in [2.24, 2.45) is 0 Å². The van der Waals surface area contributed by atoms with Gasteiger partial charge in [0, 0.05) is 0 Å². The highest BCUT2D eigenvalue weighted by molar-refractivity contribution is 5.35. The first kappa shape index (κ1) is 13.9. The molecule has 0 aliphatic heterocycles. The molecule has 19 heavy (non-hydrogen) atoms. The fourth-order valence-electron chi connectivity index (χ4n) is 2.24. The molecule has 1 radical (unpaired) electrons. The van der Waals surface area contributed by atoms with Crippen LogP contribution in [0.3, 0.4) is 0 Å². The largest absolute Gasteiger partial charge is 0.0622 e. The van der Waals surface area contributed by atoms with Gasteiger partial charge in [-0.1, -0.05) is 70.2 Å². The molecule has 0 amide bonds. The minimum Gasteiger partial charge on any atom is -0.0622 e. The average molecular weight is 251 g/mol. The molecule has 0 N–H and O–H groups in total. The Hall–Kier alpha value is -1.56. The van der Waals surface area contributed by atoms with Gasteiger partial charge in [0.15, 0.2) is 0 Å². The van der Waals surface area contributed by atoms with Gasteiger partial charge < -0.3 is 0 Å². The molecule has 0 aliphatic rings. The second-order valence-electron chi connectivity index (χ2n) is 5.87. The Labute approximate surface area is 117 Å². The van der Waals surface area contributed by atoms with Gasteiger partial charge in [0.25, 0.3) is 0 Å². The first-order valence-electron chi connectivity index (χ1n) is 7.16. The lowest BCUT2D eigenvalue weighted by Crippen LogP contribution is -1.98. The van der Waals surface area contributed by atoms with Crippen molar-refractivity contribution < 1.29 is 0 Å². The lowest BCUT2D eigenvalue weighted by Gasteiger charge is -2.14. The van der Waals surface area contributed by atoms with Crippen LogP contribution in [0.4, 0.5) is 0 Å². The monoisotopic (exact) mass is 251 g/mol. The van der Waals surface area contributed by atoms with Crippen molar-refractivity contribution in [1.82, 2.24) is 0 Å². The number of benzene rings is 2. The molecule has 0 unspecified atom stereocenters. The van der Waals surface area contributed by atoms with Crippen LogP contribution in [0.2, 0.25) is 0 Å². The molecule has 2 aromatic carbocycles. The molecule has 0 atom stereocenters. The zero-order valence-corrected chi connectivity index (χ0v) is 12.4. The maximum absolute atomic E-state index is 3.57. The van der Waals surface area contributed by atoms with E-state index in [1.165, 1.54) is 22.3 Å². The summed E-state index contributed by atoms with van der Waals surface area (Å²) in [5.74, 6) is 1.07. The van der Waals surface area contributed by atoms with Gasteiger partial charge in [-0.3, -0.25) is 0 Å². The Kier molecular flexibility index (Phi) is 4.42. The summed E-state index contributed by atoms with van der Waals surface area (Å²) in [6, 6.07) is 18.9. The van der Waals surface area contributed by atoms with Crippen LogP contribution < -0.4 is 0 Å². The lowest BCUT2D eigenvalue weighted by atomic mass is 9.91. The molecular formula is C19H23.